The van der Waals surface area contributed by atoms with E-state index >= 15 is 0 Å². The molecule has 1 aliphatic carbocycles. The van der Waals surface area contributed by atoms with Crippen LogP contribution in [0.5, 0.6) is 0 Å². The van der Waals surface area contributed by atoms with Crippen molar-refractivity contribution in [2.24, 2.45) is 11.3 Å². The van der Waals surface area contributed by atoms with Gasteiger partial charge in [-0.1, -0.05) is 37.6 Å². The molecule has 1 unspecified atom stereocenters. The van der Waals surface area contributed by atoms with Crippen molar-refractivity contribution in [1.82, 2.24) is 0 Å². The molecule has 0 aliphatic heterocycles. The van der Waals surface area contributed by atoms with Crippen LogP contribution >= 0.6 is 0 Å². The third-order valence-corrected chi connectivity index (χ3v) is 3.17. The molecule has 0 bridgehead atoms. The van der Waals surface area contributed by atoms with Gasteiger partial charge in [-0.2, -0.15) is 0 Å². The first kappa shape index (κ1) is 11.5. The fourth-order valence-corrected chi connectivity index (χ4v) is 2.25. The summed E-state index contributed by atoms with van der Waals surface area (Å²) in [6, 6.07) is 0. The predicted molar refractivity (Wildman–Crippen MR) is 61.1 cm³/mol. The van der Waals surface area contributed by atoms with Gasteiger partial charge in [0.05, 0.1) is 6.10 Å². The predicted octanol–water partition coefficient (Wildman–Crippen LogP) is 3.31. The SMILES string of the molecule is CC1=CCCC(C)(C)C1/C=C/[C@@H](C)O. The highest BCUT2D eigenvalue weighted by atomic mass is 16.3. The molecular weight excluding hydrogens is 172 g/mol. The van der Waals surface area contributed by atoms with Crippen LogP contribution in [-0.4, -0.2) is 11.2 Å². The Morgan fingerprint density at radius 2 is 2.21 bits per heavy atom. The van der Waals surface area contributed by atoms with Gasteiger partial charge < -0.3 is 5.11 Å². The minimum atomic E-state index is -0.333. The normalized spacial score (nSPS) is 28.9. The summed E-state index contributed by atoms with van der Waals surface area (Å²) < 4.78 is 0. The zero-order valence-corrected chi connectivity index (χ0v) is 9.75. The Bertz CT molecular complexity index is 246. The monoisotopic (exact) mass is 194 g/mol. The Kier molecular flexibility index (Phi) is 3.54. The molecule has 14 heavy (non-hydrogen) atoms. The van der Waals surface area contributed by atoms with Crippen molar-refractivity contribution in [1.29, 1.82) is 0 Å². The molecular formula is C13H22O. The van der Waals surface area contributed by atoms with Gasteiger partial charge in [-0.15, -0.1) is 0 Å². The van der Waals surface area contributed by atoms with Gasteiger partial charge >= 0.3 is 0 Å². The average Bonchev–Trinajstić information content (AvgIpc) is 2.01. The Balaban J connectivity index is 2.81. The summed E-state index contributed by atoms with van der Waals surface area (Å²) in [7, 11) is 0. The summed E-state index contributed by atoms with van der Waals surface area (Å²) in [6.45, 7) is 8.60. The Labute approximate surface area is 87.5 Å². The Hall–Kier alpha value is -0.560. The summed E-state index contributed by atoms with van der Waals surface area (Å²) in [5, 5.41) is 9.23. The lowest BCUT2D eigenvalue weighted by Crippen LogP contribution is -2.26. The van der Waals surface area contributed by atoms with E-state index in [4.69, 9.17) is 0 Å². The second-order valence-electron chi connectivity index (χ2n) is 5.08. The summed E-state index contributed by atoms with van der Waals surface area (Å²) in [6.07, 6.45) is 8.48. The quantitative estimate of drug-likeness (QED) is 0.669. The van der Waals surface area contributed by atoms with Gasteiger partial charge in [0.1, 0.15) is 0 Å². The van der Waals surface area contributed by atoms with E-state index in [1.54, 1.807) is 6.92 Å². The van der Waals surface area contributed by atoms with Crippen molar-refractivity contribution < 1.29 is 5.11 Å². The van der Waals surface area contributed by atoms with E-state index < -0.39 is 0 Å². The maximum Gasteiger partial charge on any atom is 0.0692 e. The number of hydrogen-bond acceptors (Lipinski definition) is 1. The molecule has 0 fully saturated rings. The van der Waals surface area contributed by atoms with E-state index in [1.807, 2.05) is 6.08 Å². The van der Waals surface area contributed by atoms with Gasteiger partial charge in [0.25, 0.3) is 0 Å². The third-order valence-electron chi connectivity index (χ3n) is 3.17. The van der Waals surface area contributed by atoms with Crippen molar-refractivity contribution in [2.75, 3.05) is 0 Å². The maximum atomic E-state index is 9.23. The number of aliphatic hydroxyl groups is 1. The van der Waals surface area contributed by atoms with Gasteiger partial charge in [0.2, 0.25) is 0 Å². The fourth-order valence-electron chi connectivity index (χ4n) is 2.25. The van der Waals surface area contributed by atoms with Gasteiger partial charge in [-0.25, -0.2) is 0 Å². The molecule has 2 atom stereocenters. The average molecular weight is 194 g/mol. The molecule has 1 nitrogen and oxygen atoms in total. The first-order valence-corrected chi connectivity index (χ1v) is 5.46. The van der Waals surface area contributed by atoms with Crippen LogP contribution in [0, 0.1) is 11.3 Å². The molecule has 0 aromatic heterocycles. The fraction of sp³-hybridized carbons (Fsp3) is 0.692. The lowest BCUT2D eigenvalue weighted by Gasteiger charge is -2.36. The van der Waals surface area contributed by atoms with Crippen LogP contribution in [0.1, 0.15) is 40.5 Å². The van der Waals surface area contributed by atoms with E-state index in [0.29, 0.717) is 11.3 Å². The molecule has 0 heterocycles. The van der Waals surface area contributed by atoms with Crippen LogP contribution in [0.25, 0.3) is 0 Å². The molecule has 0 aromatic rings. The summed E-state index contributed by atoms with van der Waals surface area (Å²) in [5.74, 6) is 0.492. The molecule has 0 spiro atoms. The van der Waals surface area contributed by atoms with Gasteiger partial charge in [-0.05, 0) is 32.1 Å². The van der Waals surface area contributed by atoms with Crippen molar-refractivity contribution in [3.05, 3.63) is 23.8 Å². The lowest BCUT2D eigenvalue weighted by molar-refractivity contribution is 0.234. The molecule has 1 aliphatic rings. The minimum Gasteiger partial charge on any atom is -0.389 e. The van der Waals surface area contributed by atoms with Crippen molar-refractivity contribution >= 4 is 0 Å². The number of rotatable bonds is 2. The first-order chi connectivity index (χ1) is 6.43. The molecule has 1 N–H and O–H groups in total. The first-order valence-electron chi connectivity index (χ1n) is 5.46. The molecule has 0 amide bonds. The van der Waals surface area contributed by atoms with Crippen LogP contribution in [0.4, 0.5) is 0 Å². The molecule has 0 saturated heterocycles. The second-order valence-corrected chi connectivity index (χ2v) is 5.08. The van der Waals surface area contributed by atoms with E-state index in [2.05, 4.69) is 32.9 Å². The van der Waals surface area contributed by atoms with Crippen molar-refractivity contribution in [3.63, 3.8) is 0 Å². The molecule has 0 radical (unpaired) electrons. The second kappa shape index (κ2) is 4.31. The van der Waals surface area contributed by atoms with E-state index in [9.17, 15) is 5.11 Å². The summed E-state index contributed by atoms with van der Waals surface area (Å²) >= 11 is 0. The Morgan fingerprint density at radius 3 is 2.71 bits per heavy atom. The highest BCUT2D eigenvalue weighted by Crippen LogP contribution is 2.41. The molecule has 0 saturated carbocycles. The van der Waals surface area contributed by atoms with Crippen molar-refractivity contribution in [3.8, 4) is 0 Å². The highest BCUT2D eigenvalue weighted by Gasteiger charge is 2.30. The zero-order valence-electron chi connectivity index (χ0n) is 9.75. The minimum absolute atomic E-state index is 0.333. The topological polar surface area (TPSA) is 20.2 Å². The van der Waals surface area contributed by atoms with E-state index in [-0.39, 0.29) is 6.10 Å². The van der Waals surface area contributed by atoms with Crippen LogP contribution in [-0.2, 0) is 0 Å². The number of aliphatic hydroxyl groups excluding tert-OH is 1. The smallest absolute Gasteiger partial charge is 0.0692 e. The summed E-state index contributed by atoms with van der Waals surface area (Å²) in [4.78, 5) is 0. The molecule has 80 valence electrons. The van der Waals surface area contributed by atoms with Gasteiger partial charge in [-0.3, -0.25) is 0 Å². The van der Waals surface area contributed by atoms with Crippen LogP contribution in [0.2, 0.25) is 0 Å². The van der Waals surface area contributed by atoms with Crippen LogP contribution in [0.3, 0.4) is 0 Å². The van der Waals surface area contributed by atoms with Crippen molar-refractivity contribution in [2.45, 2.75) is 46.6 Å². The maximum absolute atomic E-state index is 9.23. The van der Waals surface area contributed by atoms with Crippen LogP contribution in [0.15, 0.2) is 23.8 Å². The number of allylic oxidation sites excluding steroid dienone is 3. The standard InChI is InChI=1S/C13H22O/c1-10-6-5-9-13(3,4)12(10)8-7-11(2)14/h6-8,11-12,14H,5,9H2,1-4H3/b8-7+/t11-,12?/m1/s1. The highest BCUT2D eigenvalue weighted by molar-refractivity contribution is 5.19. The molecule has 1 rings (SSSR count). The summed E-state index contributed by atoms with van der Waals surface area (Å²) in [5.41, 5.74) is 1.78. The van der Waals surface area contributed by atoms with E-state index in [1.165, 1.54) is 18.4 Å². The Morgan fingerprint density at radius 1 is 1.57 bits per heavy atom. The molecule has 1 heteroatoms. The van der Waals surface area contributed by atoms with E-state index in [0.717, 1.165) is 0 Å². The van der Waals surface area contributed by atoms with Gasteiger partial charge in [0.15, 0.2) is 0 Å². The number of hydrogen-bond donors (Lipinski definition) is 1. The zero-order chi connectivity index (χ0) is 10.8. The van der Waals surface area contributed by atoms with Gasteiger partial charge in [0, 0.05) is 5.92 Å². The largest absolute Gasteiger partial charge is 0.389 e. The third kappa shape index (κ3) is 2.71. The lowest BCUT2D eigenvalue weighted by atomic mass is 9.68. The van der Waals surface area contributed by atoms with Crippen LogP contribution < -0.4 is 0 Å². The molecule has 0 aromatic carbocycles.